The molecule has 202 valence electrons. The van der Waals surface area contributed by atoms with Gasteiger partial charge in [-0.2, -0.15) is 0 Å². The summed E-state index contributed by atoms with van der Waals surface area (Å²) in [5.41, 5.74) is 1.26. The molecule has 1 saturated heterocycles. The topological polar surface area (TPSA) is 27.7 Å². The Kier molecular flexibility index (Phi) is 17.5. The van der Waals surface area contributed by atoms with Gasteiger partial charge in [-0.1, -0.05) is 128 Å². The van der Waals surface area contributed by atoms with Crippen LogP contribution in [-0.4, -0.2) is 25.1 Å². The number of hydrogen-bond donors (Lipinski definition) is 0. The van der Waals surface area contributed by atoms with E-state index in [1.807, 2.05) is 0 Å². The van der Waals surface area contributed by atoms with Crippen LogP contribution >= 0.6 is 0 Å². The van der Waals surface area contributed by atoms with Crippen molar-refractivity contribution in [2.75, 3.05) is 6.61 Å². The van der Waals surface area contributed by atoms with E-state index in [1.54, 1.807) is 0 Å². The molecule has 1 heterocycles. The summed E-state index contributed by atoms with van der Waals surface area (Å²) in [7, 11) is 0. The molecule has 3 nitrogen and oxygen atoms in total. The fourth-order valence-electron chi connectivity index (χ4n) is 5.44. The Bertz CT molecular complexity index is 590. The Hall–Kier alpha value is -0.900. The minimum atomic E-state index is -0.0244. The average molecular weight is 489 g/mol. The van der Waals surface area contributed by atoms with Crippen molar-refractivity contribution in [3.63, 3.8) is 0 Å². The molecule has 1 aromatic rings. The van der Waals surface area contributed by atoms with Crippen LogP contribution in [0.5, 0.6) is 0 Å². The van der Waals surface area contributed by atoms with Crippen LogP contribution in [0.2, 0.25) is 0 Å². The second-order valence-corrected chi connectivity index (χ2v) is 10.7. The van der Waals surface area contributed by atoms with E-state index in [9.17, 15) is 0 Å². The third kappa shape index (κ3) is 13.8. The lowest BCUT2D eigenvalue weighted by Gasteiger charge is -2.25. The summed E-state index contributed by atoms with van der Waals surface area (Å²) in [5, 5.41) is 0. The zero-order valence-electron chi connectivity index (χ0n) is 23.4. The fourth-order valence-corrected chi connectivity index (χ4v) is 5.44. The molecule has 0 N–H and O–H groups in total. The van der Waals surface area contributed by atoms with Gasteiger partial charge < -0.3 is 14.2 Å². The Morgan fingerprint density at radius 2 is 1.43 bits per heavy atom. The van der Waals surface area contributed by atoms with Crippen molar-refractivity contribution in [1.82, 2.24) is 0 Å². The Morgan fingerprint density at radius 3 is 2.09 bits per heavy atom. The highest BCUT2D eigenvalue weighted by Gasteiger charge is 2.36. The molecule has 1 aliphatic heterocycles. The summed E-state index contributed by atoms with van der Waals surface area (Å²) in [6.45, 7) is 8.08. The van der Waals surface area contributed by atoms with Crippen LogP contribution in [0.4, 0.5) is 0 Å². The minimum absolute atomic E-state index is 0.0244. The largest absolute Gasteiger partial charge is 0.373 e. The van der Waals surface area contributed by atoms with Crippen LogP contribution in [0, 0.1) is 5.92 Å². The van der Waals surface area contributed by atoms with Crippen molar-refractivity contribution in [1.29, 1.82) is 0 Å². The van der Waals surface area contributed by atoms with Gasteiger partial charge in [-0.05, 0) is 31.2 Å². The molecule has 2 rings (SSSR count). The summed E-state index contributed by atoms with van der Waals surface area (Å²) in [4.78, 5) is 0. The summed E-state index contributed by atoms with van der Waals surface area (Å²) in [5.74, 6) is 0.606. The summed E-state index contributed by atoms with van der Waals surface area (Å²) in [6.07, 6.45) is 22.6. The van der Waals surface area contributed by atoms with Crippen molar-refractivity contribution in [2.24, 2.45) is 5.92 Å². The number of rotatable bonds is 22. The molecule has 1 unspecified atom stereocenters. The van der Waals surface area contributed by atoms with Gasteiger partial charge in [0.2, 0.25) is 0 Å². The second kappa shape index (κ2) is 20.2. The van der Waals surface area contributed by atoms with Crippen LogP contribution in [0.1, 0.15) is 135 Å². The number of ether oxygens (including phenoxy) is 3. The van der Waals surface area contributed by atoms with Gasteiger partial charge in [-0.3, -0.25) is 0 Å². The van der Waals surface area contributed by atoms with Gasteiger partial charge in [0.1, 0.15) is 0 Å². The fraction of sp³-hybridized carbons (Fsp3) is 0.812. The molecule has 0 radical (unpaired) electrons. The van der Waals surface area contributed by atoms with E-state index in [4.69, 9.17) is 14.2 Å². The third-order valence-corrected chi connectivity index (χ3v) is 7.58. The quantitative estimate of drug-likeness (QED) is 0.152. The maximum atomic E-state index is 6.53. The average Bonchev–Trinajstić information content (AvgIpc) is 3.25. The lowest BCUT2D eigenvalue weighted by molar-refractivity contribution is -0.140. The molecule has 1 aromatic carbocycles. The summed E-state index contributed by atoms with van der Waals surface area (Å²) < 4.78 is 18.9. The van der Waals surface area contributed by atoms with Crippen LogP contribution in [0.25, 0.3) is 0 Å². The number of hydrogen-bond acceptors (Lipinski definition) is 3. The third-order valence-electron chi connectivity index (χ3n) is 7.58. The Balaban J connectivity index is 1.83. The molecular weight excluding hydrogens is 432 g/mol. The predicted molar refractivity (Wildman–Crippen MR) is 149 cm³/mol. The molecule has 0 spiro atoms. The van der Waals surface area contributed by atoms with Crippen molar-refractivity contribution < 1.29 is 14.2 Å². The zero-order chi connectivity index (χ0) is 25.0. The van der Waals surface area contributed by atoms with Crippen molar-refractivity contribution in [3.05, 3.63) is 35.9 Å². The van der Waals surface area contributed by atoms with Gasteiger partial charge in [-0.15, -0.1) is 0 Å². The van der Waals surface area contributed by atoms with E-state index >= 15 is 0 Å². The first-order valence-electron chi connectivity index (χ1n) is 15.2. The second-order valence-electron chi connectivity index (χ2n) is 10.7. The first-order chi connectivity index (χ1) is 17.3. The van der Waals surface area contributed by atoms with E-state index in [2.05, 4.69) is 51.1 Å². The Labute approximate surface area is 217 Å². The number of unbranched alkanes of at least 4 members (excludes halogenated alkanes) is 11. The van der Waals surface area contributed by atoms with Crippen LogP contribution in [-0.2, 0) is 20.8 Å². The SMILES string of the molecule is CCCCCCCCCCC[C@H](C[C@@H]1OC(OCC)C[C@H]1CCCCCC)OCc1ccccc1. The minimum Gasteiger partial charge on any atom is -0.373 e. The van der Waals surface area contributed by atoms with Crippen LogP contribution in [0.3, 0.4) is 0 Å². The molecule has 3 heteroatoms. The van der Waals surface area contributed by atoms with Crippen molar-refractivity contribution in [3.8, 4) is 0 Å². The van der Waals surface area contributed by atoms with Crippen molar-refractivity contribution >= 4 is 0 Å². The van der Waals surface area contributed by atoms with E-state index in [0.717, 1.165) is 25.9 Å². The van der Waals surface area contributed by atoms with E-state index in [1.165, 1.54) is 95.5 Å². The first-order valence-corrected chi connectivity index (χ1v) is 15.2. The summed E-state index contributed by atoms with van der Waals surface area (Å²) in [6, 6.07) is 10.6. The maximum absolute atomic E-state index is 6.53. The standard InChI is InChI=1S/C32H56O3/c1-4-7-9-11-12-13-14-15-20-24-30(34-27-28-21-17-16-18-22-28)26-31-29(23-19-10-8-5-2)25-32(35-31)33-6-3/h16-18,21-22,29-32H,4-15,19-20,23-27H2,1-3H3/t29-,30-,31+,32?/m1/s1. The van der Waals surface area contributed by atoms with Crippen molar-refractivity contribution in [2.45, 2.75) is 155 Å². The first kappa shape index (κ1) is 30.3. The molecule has 4 atom stereocenters. The van der Waals surface area contributed by atoms with Gasteiger partial charge in [0, 0.05) is 19.4 Å². The van der Waals surface area contributed by atoms with E-state index in [-0.39, 0.29) is 18.5 Å². The Morgan fingerprint density at radius 1 is 0.800 bits per heavy atom. The monoisotopic (exact) mass is 488 g/mol. The highest BCUT2D eigenvalue weighted by atomic mass is 16.7. The predicted octanol–water partition coefficient (Wildman–Crippen LogP) is 9.62. The van der Waals surface area contributed by atoms with Gasteiger partial charge >= 0.3 is 0 Å². The van der Waals surface area contributed by atoms with E-state index in [0.29, 0.717) is 12.5 Å². The molecule has 0 amide bonds. The molecule has 35 heavy (non-hydrogen) atoms. The lowest BCUT2D eigenvalue weighted by Crippen LogP contribution is -2.26. The molecule has 0 aromatic heterocycles. The van der Waals surface area contributed by atoms with Gasteiger partial charge in [0.15, 0.2) is 6.29 Å². The highest BCUT2D eigenvalue weighted by molar-refractivity contribution is 5.13. The van der Waals surface area contributed by atoms with Gasteiger partial charge in [-0.25, -0.2) is 0 Å². The smallest absolute Gasteiger partial charge is 0.158 e. The molecule has 1 fully saturated rings. The summed E-state index contributed by atoms with van der Waals surface area (Å²) >= 11 is 0. The maximum Gasteiger partial charge on any atom is 0.158 e. The molecular formula is C32H56O3. The highest BCUT2D eigenvalue weighted by Crippen LogP contribution is 2.35. The zero-order valence-corrected chi connectivity index (χ0v) is 23.4. The van der Waals surface area contributed by atoms with Gasteiger partial charge in [0.05, 0.1) is 18.8 Å². The molecule has 0 aliphatic carbocycles. The van der Waals surface area contributed by atoms with Gasteiger partial charge in [0.25, 0.3) is 0 Å². The van der Waals surface area contributed by atoms with Crippen LogP contribution in [0.15, 0.2) is 30.3 Å². The molecule has 1 aliphatic rings. The molecule has 0 bridgehead atoms. The van der Waals surface area contributed by atoms with E-state index < -0.39 is 0 Å². The number of benzene rings is 1. The lowest BCUT2D eigenvalue weighted by atomic mass is 9.90. The molecule has 0 saturated carbocycles. The van der Waals surface area contributed by atoms with Crippen LogP contribution < -0.4 is 0 Å². The normalized spacial score (nSPS) is 20.9.